The van der Waals surface area contributed by atoms with Gasteiger partial charge < -0.3 is 0 Å². The zero-order valence-electron chi connectivity index (χ0n) is 17.4. The standard InChI is InChI=1S/4C5H11O.Zr/c4*1-2-3-4-5-6;/h4*2-5H2,1H3;/q4*-1;+4. The van der Waals surface area contributed by atoms with Gasteiger partial charge in [-0.2, -0.15) is 0 Å². The van der Waals surface area contributed by atoms with Crippen LogP contribution in [0.15, 0.2) is 0 Å². The first-order valence-corrected chi connectivity index (χ1v) is 14.8. The molecule has 0 N–H and O–H groups in total. The molecule has 4 nitrogen and oxygen atoms in total. The van der Waals surface area contributed by atoms with Crippen molar-refractivity contribution in [3.8, 4) is 0 Å². The van der Waals surface area contributed by atoms with Crippen molar-refractivity contribution in [1.29, 1.82) is 0 Å². The second kappa shape index (κ2) is 19.5. The van der Waals surface area contributed by atoms with Crippen molar-refractivity contribution in [3.63, 3.8) is 0 Å². The van der Waals surface area contributed by atoms with Crippen LogP contribution >= 0.6 is 0 Å². The van der Waals surface area contributed by atoms with Crippen molar-refractivity contribution in [2.75, 3.05) is 26.4 Å². The van der Waals surface area contributed by atoms with E-state index in [0.29, 0.717) is 26.4 Å². The minimum atomic E-state index is -3.86. The molecule has 0 aromatic heterocycles. The summed E-state index contributed by atoms with van der Waals surface area (Å²) in [5.41, 5.74) is 0. The Hall–Kier alpha value is 0.723. The van der Waals surface area contributed by atoms with E-state index in [2.05, 4.69) is 27.7 Å². The zero-order valence-corrected chi connectivity index (χ0v) is 19.9. The third kappa shape index (κ3) is 15.5. The Morgan fingerprint density at radius 1 is 0.400 bits per heavy atom. The Morgan fingerprint density at radius 2 is 0.640 bits per heavy atom. The molecule has 0 unspecified atom stereocenters. The molecule has 0 rings (SSSR count). The maximum absolute atomic E-state index is 6.22. The Kier molecular flexibility index (Phi) is 20.0. The molecule has 0 heterocycles. The molecule has 0 aromatic carbocycles. The second-order valence-corrected chi connectivity index (χ2v) is 12.0. The summed E-state index contributed by atoms with van der Waals surface area (Å²) < 4.78 is 24.9. The number of hydrogen-bond acceptors (Lipinski definition) is 4. The summed E-state index contributed by atoms with van der Waals surface area (Å²) in [6.07, 6.45) is 13.7. The quantitative estimate of drug-likeness (QED) is 0.200. The van der Waals surface area contributed by atoms with Crippen LogP contribution in [0.2, 0.25) is 0 Å². The third-order valence-electron chi connectivity index (χ3n) is 4.11. The van der Waals surface area contributed by atoms with Crippen molar-refractivity contribution in [3.05, 3.63) is 0 Å². The molecule has 0 aliphatic rings. The molecule has 0 saturated carbocycles. The van der Waals surface area contributed by atoms with E-state index in [4.69, 9.17) is 11.3 Å². The van der Waals surface area contributed by atoms with Crippen LogP contribution in [0, 0.1) is 0 Å². The average Bonchev–Trinajstić information content (AvgIpc) is 2.63. The Bertz CT molecular complexity index is 211. The van der Waals surface area contributed by atoms with Crippen LogP contribution in [0.25, 0.3) is 0 Å². The molecule has 5 heteroatoms. The van der Waals surface area contributed by atoms with Gasteiger partial charge >= 0.3 is 164 Å². The summed E-state index contributed by atoms with van der Waals surface area (Å²) in [4.78, 5) is 0. The summed E-state index contributed by atoms with van der Waals surface area (Å²) in [6, 6.07) is 0. The van der Waals surface area contributed by atoms with E-state index in [-0.39, 0.29) is 0 Å². The van der Waals surface area contributed by atoms with Crippen LogP contribution in [0.3, 0.4) is 0 Å². The van der Waals surface area contributed by atoms with Crippen LogP contribution in [-0.4, -0.2) is 26.4 Å². The van der Waals surface area contributed by atoms with Crippen LogP contribution in [-0.2, 0) is 33.3 Å². The first-order chi connectivity index (χ1) is 12.2. The Labute approximate surface area is 164 Å². The van der Waals surface area contributed by atoms with Gasteiger partial charge in [0.25, 0.3) is 0 Å². The van der Waals surface area contributed by atoms with Gasteiger partial charge in [0.2, 0.25) is 0 Å². The monoisotopic (exact) mass is 438 g/mol. The third-order valence-corrected chi connectivity index (χ3v) is 9.59. The molecule has 0 amide bonds. The van der Waals surface area contributed by atoms with Crippen molar-refractivity contribution < 1.29 is 33.3 Å². The normalized spacial score (nSPS) is 12.0. The topological polar surface area (TPSA) is 36.9 Å². The number of unbranched alkanes of at least 4 members (excludes halogenated alkanes) is 8. The van der Waals surface area contributed by atoms with E-state index < -0.39 is 22.0 Å². The Balaban J connectivity index is 4.62. The molecule has 0 atom stereocenters. The average molecular weight is 440 g/mol. The van der Waals surface area contributed by atoms with Crippen LogP contribution in [0.5, 0.6) is 0 Å². The van der Waals surface area contributed by atoms with Crippen molar-refractivity contribution in [2.45, 2.75) is 105 Å². The van der Waals surface area contributed by atoms with Gasteiger partial charge in [0.15, 0.2) is 0 Å². The zero-order chi connectivity index (χ0) is 18.6. The van der Waals surface area contributed by atoms with Gasteiger partial charge in [-0.3, -0.25) is 0 Å². The SMILES string of the molecule is CCCCC[O][Zr]([O]CCCCC)([O]CCCCC)[O]CCCCC. The predicted octanol–water partition coefficient (Wildman–Crippen LogP) is 6.63. The van der Waals surface area contributed by atoms with E-state index in [1.807, 2.05) is 0 Å². The van der Waals surface area contributed by atoms with Crippen molar-refractivity contribution >= 4 is 0 Å². The molecule has 0 aliphatic carbocycles. The van der Waals surface area contributed by atoms with Gasteiger partial charge in [0, 0.05) is 0 Å². The number of hydrogen-bond donors (Lipinski definition) is 0. The molecule has 25 heavy (non-hydrogen) atoms. The predicted molar refractivity (Wildman–Crippen MR) is 102 cm³/mol. The van der Waals surface area contributed by atoms with Gasteiger partial charge in [-0.05, 0) is 0 Å². The van der Waals surface area contributed by atoms with E-state index in [0.717, 1.165) is 25.7 Å². The Morgan fingerprint density at radius 3 is 0.840 bits per heavy atom. The molecule has 0 fully saturated rings. The molecular formula is C20H44O4Zr. The van der Waals surface area contributed by atoms with Crippen LogP contribution in [0.1, 0.15) is 105 Å². The summed E-state index contributed by atoms with van der Waals surface area (Å²) in [5, 5.41) is 0. The summed E-state index contributed by atoms with van der Waals surface area (Å²) in [7, 11) is 0. The first kappa shape index (κ1) is 25.7. The van der Waals surface area contributed by atoms with E-state index in [1.54, 1.807) is 0 Å². The van der Waals surface area contributed by atoms with E-state index >= 15 is 0 Å². The molecular weight excluding hydrogens is 395 g/mol. The molecule has 0 radical (unpaired) electrons. The molecule has 152 valence electrons. The van der Waals surface area contributed by atoms with Crippen molar-refractivity contribution in [1.82, 2.24) is 0 Å². The van der Waals surface area contributed by atoms with Crippen molar-refractivity contribution in [2.24, 2.45) is 0 Å². The summed E-state index contributed by atoms with van der Waals surface area (Å²) in [5.74, 6) is 0. The van der Waals surface area contributed by atoms with E-state index in [1.165, 1.54) is 51.4 Å². The summed E-state index contributed by atoms with van der Waals surface area (Å²) in [6.45, 7) is 11.7. The molecule has 0 aromatic rings. The molecule has 0 saturated heterocycles. The molecule has 0 aliphatic heterocycles. The molecule has 0 bridgehead atoms. The fourth-order valence-corrected chi connectivity index (χ4v) is 7.55. The van der Waals surface area contributed by atoms with Gasteiger partial charge in [0.1, 0.15) is 0 Å². The van der Waals surface area contributed by atoms with Gasteiger partial charge in [-0.1, -0.05) is 0 Å². The molecule has 0 spiro atoms. The van der Waals surface area contributed by atoms with E-state index in [9.17, 15) is 0 Å². The number of rotatable bonds is 20. The van der Waals surface area contributed by atoms with Gasteiger partial charge in [-0.15, -0.1) is 0 Å². The first-order valence-electron chi connectivity index (χ1n) is 10.8. The van der Waals surface area contributed by atoms with Crippen LogP contribution < -0.4 is 0 Å². The fraction of sp³-hybridized carbons (Fsp3) is 1.00. The van der Waals surface area contributed by atoms with Gasteiger partial charge in [-0.25, -0.2) is 0 Å². The minimum absolute atomic E-state index is 0.708. The second-order valence-electron chi connectivity index (χ2n) is 6.72. The van der Waals surface area contributed by atoms with Crippen LogP contribution in [0.4, 0.5) is 0 Å². The fourth-order valence-electron chi connectivity index (χ4n) is 2.45. The maximum atomic E-state index is 6.22. The van der Waals surface area contributed by atoms with Gasteiger partial charge in [0.05, 0.1) is 0 Å². The summed E-state index contributed by atoms with van der Waals surface area (Å²) >= 11 is -3.86.